The lowest BCUT2D eigenvalue weighted by atomic mass is 10.1. The summed E-state index contributed by atoms with van der Waals surface area (Å²) in [6, 6.07) is 19.3. The van der Waals surface area contributed by atoms with Gasteiger partial charge in [0.1, 0.15) is 0 Å². The molecule has 0 heterocycles. The molecular formula is C17H11Br2NO. The van der Waals surface area contributed by atoms with Crippen molar-refractivity contribution in [3.63, 3.8) is 0 Å². The number of nitrogens with one attached hydrogen (secondary N) is 1. The average molecular weight is 405 g/mol. The Balaban J connectivity index is 1.90. The molecule has 0 aromatic heterocycles. The van der Waals surface area contributed by atoms with Crippen molar-refractivity contribution in [2.75, 3.05) is 5.32 Å². The molecule has 1 N–H and O–H groups in total. The molecule has 0 aliphatic carbocycles. The summed E-state index contributed by atoms with van der Waals surface area (Å²) in [4.78, 5) is 12.3. The van der Waals surface area contributed by atoms with E-state index in [1.54, 1.807) is 6.07 Å². The summed E-state index contributed by atoms with van der Waals surface area (Å²) in [5.41, 5.74) is 1.40. The third-order valence-electron chi connectivity index (χ3n) is 3.18. The Bertz CT molecular complexity index is 830. The SMILES string of the molecule is O=C(Nc1ccc2cc(Br)ccc2c1)c1ccccc1Br. The molecule has 3 aromatic rings. The third kappa shape index (κ3) is 3.17. The Morgan fingerprint density at radius 2 is 1.57 bits per heavy atom. The van der Waals surface area contributed by atoms with Crippen molar-refractivity contribution in [3.05, 3.63) is 75.2 Å². The molecule has 0 saturated heterocycles. The molecule has 2 nitrogen and oxygen atoms in total. The zero-order valence-electron chi connectivity index (χ0n) is 10.9. The molecule has 0 spiro atoms. The van der Waals surface area contributed by atoms with Crippen LogP contribution in [0.3, 0.4) is 0 Å². The number of benzene rings is 3. The molecule has 3 rings (SSSR count). The standard InChI is InChI=1S/C17H11Br2NO/c18-13-7-5-12-10-14(8-6-11(12)9-13)20-17(21)15-3-1-2-4-16(15)19/h1-10H,(H,20,21). The van der Waals surface area contributed by atoms with E-state index >= 15 is 0 Å². The van der Waals surface area contributed by atoms with Gasteiger partial charge < -0.3 is 5.32 Å². The summed E-state index contributed by atoms with van der Waals surface area (Å²) < 4.78 is 1.83. The van der Waals surface area contributed by atoms with E-state index in [9.17, 15) is 4.79 Å². The molecule has 0 saturated carbocycles. The molecule has 104 valence electrons. The molecule has 0 fully saturated rings. The molecule has 0 unspecified atom stereocenters. The van der Waals surface area contributed by atoms with Crippen LogP contribution in [0.4, 0.5) is 5.69 Å². The van der Waals surface area contributed by atoms with Crippen LogP contribution in [0.5, 0.6) is 0 Å². The number of rotatable bonds is 2. The first-order valence-corrected chi connectivity index (χ1v) is 7.97. The molecule has 0 aliphatic rings. The second-order valence-corrected chi connectivity index (χ2v) is 6.41. The van der Waals surface area contributed by atoms with E-state index in [-0.39, 0.29) is 5.91 Å². The monoisotopic (exact) mass is 403 g/mol. The van der Waals surface area contributed by atoms with E-state index in [1.807, 2.05) is 48.5 Å². The van der Waals surface area contributed by atoms with E-state index in [0.29, 0.717) is 5.56 Å². The van der Waals surface area contributed by atoms with E-state index in [1.165, 1.54) is 0 Å². The lowest BCUT2D eigenvalue weighted by Crippen LogP contribution is -2.12. The third-order valence-corrected chi connectivity index (χ3v) is 4.36. The minimum Gasteiger partial charge on any atom is -0.322 e. The minimum absolute atomic E-state index is 0.126. The summed E-state index contributed by atoms with van der Waals surface area (Å²) in [6.07, 6.45) is 0. The molecular weight excluding hydrogens is 394 g/mol. The van der Waals surface area contributed by atoms with Gasteiger partial charge in [0.15, 0.2) is 0 Å². The first kappa shape index (κ1) is 14.3. The number of carbonyl (C=O) groups is 1. The fourth-order valence-electron chi connectivity index (χ4n) is 2.14. The molecule has 0 atom stereocenters. The second kappa shape index (κ2) is 6.00. The number of amides is 1. The molecule has 21 heavy (non-hydrogen) atoms. The van der Waals surface area contributed by atoms with Gasteiger partial charge >= 0.3 is 0 Å². The van der Waals surface area contributed by atoms with Crippen LogP contribution in [-0.4, -0.2) is 5.91 Å². The topological polar surface area (TPSA) is 29.1 Å². The number of fused-ring (bicyclic) bond motifs is 1. The van der Waals surface area contributed by atoms with E-state index in [0.717, 1.165) is 25.4 Å². The van der Waals surface area contributed by atoms with E-state index < -0.39 is 0 Å². The van der Waals surface area contributed by atoms with Gasteiger partial charge in [-0.3, -0.25) is 4.79 Å². The van der Waals surface area contributed by atoms with Crippen molar-refractivity contribution in [2.45, 2.75) is 0 Å². The maximum absolute atomic E-state index is 12.3. The van der Waals surface area contributed by atoms with Crippen molar-refractivity contribution in [1.82, 2.24) is 0 Å². The van der Waals surface area contributed by atoms with Crippen LogP contribution < -0.4 is 5.32 Å². The summed E-state index contributed by atoms with van der Waals surface area (Å²) in [6.45, 7) is 0. The van der Waals surface area contributed by atoms with Crippen molar-refractivity contribution >= 4 is 54.2 Å². The number of hydrogen-bond donors (Lipinski definition) is 1. The number of anilines is 1. The van der Waals surface area contributed by atoms with Gasteiger partial charge in [-0.05, 0) is 63.1 Å². The number of halogens is 2. The van der Waals surface area contributed by atoms with Crippen molar-refractivity contribution in [3.8, 4) is 0 Å². The lowest BCUT2D eigenvalue weighted by Gasteiger charge is -2.08. The average Bonchev–Trinajstić information content (AvgIpc) is 2.48. The Labute approximate surface area is 139 Å². The van der Waals surface area contributed by atoms with Gasteiger partial charge in [-0.2, -0.15) is 0 Å². The summed E-state index contributed by atoms with van der Waals surface area (Å²) >= 11 is 6.85. The van der Waals surface area contributed by atoms with Crippen LogP contribution in [0.1, 0.15) is 10.4 Å². The maximum atomic E-state index is 12.3. The largest absolute Gasteiger partial charge is 0.322 e. The maximum Gasteiger partial charge on any atom is 0.256 e. The van der Waals surface area contributed by atoms with Crippen molar-refractivity contribution in [1.29, 1.82) is 0 Å². The first-order valence-electron chi connectivity index (χ1n) is 6.39. The highest BCUT2D eigenvalue weighted by atomic mass is 79.9. The predicted octanol–water partition coefficient (Wildman–Crippen LogP) is 5.62. The predicted molar refractivity (Wildman–Crippen MR) is 93.7 cm³/mol. The van der Waals surface area contributed by atoms with Crippen LogP contribution >= 0.6 is 31.9 Å². The van der Waals surface area contributed by atoms with E-state index in [2.05, 4.69) is 43.2 Å². The van der Waals surface area contributed by atoms with Crippen LogP contribution in [-0.2, 0) is 0 Å². The number of hydrogen-bond acceptors (Lipinski definition) is 1. The smallest absolute Gasteiger partial charge is 0.256 e. The molecule has 0 radical (unpaired) electrons. The zero-order valence-corrected chi connectivity index (χ0v) is 14.1. The van der Waals surface area contributed by atoms with Gasteiger partial charge in [-0.1, -0.05) is 40.2 Å². The summed E-state index contributed by atoms with van der Waals surface area (Å²) in [5.74, 6) is -0.126. The van der Waals surface area contributed by atoms with Gasteiger partial charge in [0.05, 0.1) is 5.56 Å². The van der Waals surface area contributed by atoms with Crippen molar-refractivity contribution in [2.24, 2.45) is 0 Å². The molecule has 3 aromatic carbocycles. The van der Waals surface area contributed by atoms with Gasteiger partial charge in [0.2, 0.25) is 0 Å². The highest BCUT2D eigenvalue weighted by molar-refractivity contribution is 9.10. The zero-order chi connectivity index (χ0) is 14.8. The first-order chi connectivity index (χ1) is 10.1. The quantitative estimate of drug-likeness (QED) is 0.590. The highest BCUT2D eigenvalue weighted by Crippen LogP contribution is 2.24. The van der Waals surface area contributed by atoms with Gasteiger partial charge in [-0.25, -0.2) is 0 Å². The Kier molecular flexibility index (Phi) is 4.08. The van der Waals surface area contributed by atoms with Crippen LogP contribution in [0.25, 0.3) is 10.8 Å². The van der Waals surface area contributed by atoms with Gasteiger partial charge in [0, 0.05) is 14.6 Å². The Morgan fingerprint density at radius 3 is 2.38 bits per heavy atom. The van der Waals surface area contributed by atoms with Crippen molar-refractivity contribution < 1.29 is 4.79 Å². The number of carbonyl (C=O) groups excluding carboxylic acids is 1. The van der Waals surface area contributed by atoms with Crippen LogP contribution in [0.2, 0.25) is 0 Å². The fraction of sp³-hybridized carbons (Fsp3) is 0. The van der Waals surface area contributed by atoms with Gasteiger partial charge in [-0.15, -0.1) is 0 Å². The Morgan fingerprint density at radius 1 is 0.857 bits per heavy atom. The van der Waals surface area contributed by atoms with Gasteiger partial charge in [0.25, 0.3) is 5.91 Å². The highest BCUT2D eigenvalue weighted by Gasteiger charge is 2.09. The second-order valence-electron chi connectivity index (χ2n) is 4.64. The van der Waals surface area contributed by atoms with Crippen LogP contribution in [0, 0.1) is 0 Å². The fourth-order valence-corrected chi connectivity index (χ4v) is 2.98. The minimum atomic E-state index is -0.126. The lowest BCUT2D eigenvalue weighted by molar-refractivity contribution is 0.102. The van der Waals surface area contributed by atoms with E-state index in [4.69, 9.17) is 0 Å². The molecule has 0 aliphatic heterocycles. The molecule has 4 heteroatoms. The summed E-state index contributed by atoms with van der Waals surface area (Å²) in [5, 5.41) is 5.14. The summed E-state index contributed by atoms with van der Waals surface area (Å²) in [7, 11) is 0. The normalized spacial score (nSPS) is 10.6. The van der Waals surface area contributed by atoms with Crippen LogP contribution in [0.15, 0.2) is 69.6 Å². The Hall–Kier alpha value is -1.65. The molecule has 1 amide bonds. The molecule has 0 bridgehead atoms.